The molecule has 1 atom stereocenters. The van der Waals surface area contributed by atoms with E-state index in [0.29, 0.717) is 28.7 Å². The number of halogens is 2. The molecule has 0 aliphatic carbocycles. The lowest BCUT2D eigenvalue weighted by molar-refractivity contribution is 0.371. The largest absolute Gasteiger partial charge is 0.356 e. The van der Waals surface area contributed by atoms with E-state index < -0.39 is 22.6 Å². The van der Waals surface area contributed by atoms with Gasteiger partial charge >= 0.3 is 5.69 Å². The molecule has 0 bridgehead atoms. The normalized spacial score (nSPS) is 18.4. The highest BCUT2D eigenvalue weighted by Crippen LogP contribution is 2.30. The smallest absolute Gasteiger partial charge is 0.331 e. The average Bonchev–Trinajstić information content (AvgIpc) is 3.09. The number of nitrogens with two attached hydrogens (primary N) is 1. The standard InChI is InChI=1S/C22H25FN6O2.ClH/c1-22(25)7-4-8-28(13-22)18-10-17-19(20(30)27(3)21(31)26(17)2)29(18)12-15-9-16(23)6-5-14(15)11-24;/h5-6,9-10H,4,7-8,12-13,25H2,1-3H3;1H/t22-;/m1./s1. The van der Waals surface area contributed by atoms with E-state index in [0.717, 1.165) is 29.8 Å². The molecule has 1 aliphatic heterocycles. The van der Waals surface area contributed by atoms with E-state index in [1.807, 2.05) is 13.0 Å². The van der Waals surface area contributed by atoms with E-state index in [9.17, 15) is 19.2 Å². The van der Waals surface area contributed by atoms with Gasteiger partial charge in [-0.05, 0) is 43.5 Å². The Morgan fingerprint density at radius 3 is 2.59 bits per heavy atom. The first-order valence-corrected chi connectivity index (χ1v) is 10.1. The Morgan fingerprint density at radius 1 is 1.22 bits per heavy atom. The third-order valence-corrected chi connectivity index (χ3v) is 6.07. The van der Waals surface area contributed by atoms with E-state index in [1.165, 1.54) is 29.8 Å². The molecule has 0 spiro atoms. The summed E-state index contributed by atoms with van der Waals surface area (Å²) in [5.74, 6) is 0.262. The van der Waals surface area contributed by atoms with Crippen molar-refractivity contribution in [3.05, 3.63) is 62.0 Å². The lowest BCUT2D eigenvalue weighted by Gasteiger charge is -2.39. The summed E-state index contributed by atoms with van der Waals surface area (Å²) in [7, 11) is 3.05. The molecule has 3 heterocycles. The van der Waals surface area contributed by atoms with Gasteiger partial charge in [-0.15, -0.1) is 12.4 Å². The van der Waals surface area contributed by atoms with Crippen molar-refractivity contribution in [3.63, 3.8) is 0 Å². The number of hydrogen-bond donors (Lipinski definition) is 1. The maximum absolute atomic E-state index is 14.0. The molecule has 0 amide bonds. The SMILES string of the molecule is Cl.Cn1c(=O)c2c(cc(N3CCC[C@@](C)(N)C3)n2Cc2cc(F)ccc2C#N)n(C)c1=O. The zero-order valence-electron chi connectivity index (χ0n) is 18.3. The number of hydrogen-bond acceptors (Lipinski definition) is 5. The van der Waals surface area contributed by atoms with Crippen LogP contribution >= 0.6 is 12.4 Å². The molecule has 170 valence electrons. The van der Waals surface area contributed by atoms with Crippen molar-refractivity contribution in [1.29, 1.82) is 5.26 Å². The zero-order valence-corrected chi connectivity index (χ0v) is 19.1. The van der Waals surface area contributed by atoms with Gasteiger partial charge < -0.3 is 15.2 Å². The summed E-state index contributed by atoms with van der Waals surface area (Å²) >= 11 is 0. The van der Waals surface area contributed by atoms with Crippen LogP contribution in [0.4, 0.5) is 10.2 Å². The van der Waals surface area contributed by atoms with Crippen LogP contribution in [0, 0.1) is 17.1 Å². The summed E-state index contributed by atoms with van der Waals surface area (Å²) in [5, 5.41) is 9.50. The molecule has 32 heavy (non-hydrogen) atoms. The van der Waals surface area contributed by atoms with Crippen molar-refractivity contribution >= 4 is 29.3 Å². The van der Waals surface area contributed by atoms with Crippen LogP contribution in [0.1, 0.15) is 30.9 Å². The van der Waals surface area contributed by atoms with Crippen LogP contribution in [0.3, 0.4) is 0 Å². The van der Waals surface area contributed by atoms with E-state index in [4.69, 9.17) is 5.73 Å². The third kappa shape index (κ3) is 3.92. The van der Waals surface area contributed by atoms with Crippen LogP contribution in [-0.4, -0.2) is 32.3 Å². The fraction of sp³-hybridized carbons (Fsp3) is 0.409. The first-order chi connectivity index (χ1) is 14.6. The van der Waals surface area contributed by atoms with Crippen LogP contribution in [-0.2, 0) is 20.6 Å². The van der Waals surface area contributed by atoms with Gasteiger partial charge in [0.1, 0.15) is 17.2 Å². The first-order valence-electron chi connectivity index (χ1n) is 10.1. The minimum absolute atomic E-state index is 0. The van der Waals surface area contributed by atoms with Gasteiger partial charge in [-0.2, -0.15) is 5.26 Å². The van der Waals surface area contributed by atoms with Gasteiger partial charge in [0, 0.05) is 38.8 Å². The average molecular weight is 461 g/mol. The van der Waals surface area contributed by atoms with Gasteiger partial charge in [-0.3, -0.25) is 13.9 Å². The van der Waals surface area contributed by atoms with Crippen LogP contribution in [0.25, 0.3) is 11.0 Å². The molecule has 8 nitrogen and oxygen atoms in total. The molecular weight excluding hydrogens is 435 g/mol. The number of aromatic nitrogens is 3. The Balaban J connectivity index is 0.00000289. The molecule has 1 saturated heterocycles. The highest BCUT2D eigenvalue weighted by molar-refractivity contribution is 5.85. The Labute approximate surface area is 190 Å². The summed E-state index contributed by atoms with van der Waals surface area (Å²) in [6, 6.07) is 7.88. The van der Waals surface area contributed by atoms with Crippen molar-refractivity contribution in [2.45, 2.75) is 31.8 Å². The Bertz CT molecular complexity index is 1350. The molecule has 1 aromatic carbocycles. The van der Waals surface area contributed by atoms with Crippen molar-refractivity contribution in [2.75, 3.05) is 18.0 Å². The number of benzene rings is 1. The second-order valence-electron chi connectivity index (χ2n) is 8.62. The first kappa shape index (κ1) is 23.6. The van der Waals surface area contributed by atoms with Gasteiger partial charge in [0.05, 0.1) is 23.7 Å². The molecule has 4 rings (SSSR count). The van der Waals surface area contributed by atoms with Crippen molar-refractivity contribution in [1.82, 2.24) is 13.7 Å². The van der Waals surface area contributed by atoms with Gasteiger partial charge in [0.25, 0.3) is 5.56 Å². The van der Waals surface area contributed by atoms with Gasteiger partial charge in [-0.1, -0.05) is 0 Å². The molecule has 2 aromatic heterocycles. The molecule has 1 aliphatic rings. The molecule has 0 radical (unpaired) electrons. The minimum atomic E-state index is -0.458. The summed E-state index contributed by atoms with van der Waals surface area (Å²) in [5.41, 5.74) is 6.77. The minimum Gasteiger partial charge on any atom is -0.356 e. The monoisotopic (exact) mass is 460 g/mol. The molecular formula is C22H26ClFN6O2. The number of fused-ring (bicyclic) bond motifs is 1. The molecule has 2 N–H and O–H groups in total. The van der Waals surface area contributed by atoms with Crippen molar-refractivity contribution in [2.24, 2.45) is 19.8 Å². The van der Waals surface area contributed by atoms with E-state index in [2.05, 4.69) is 11.0 Å². The molecule has 3 aromatic rings. The van der Waals surface area contributed by atoms with Gasteiger partial charge in [0.2, 0.25) is 0 Å². The van der Waals surface area contributed by atoms with Crippen LogP contribution in [0.5, 0.6) is 0 Å². The predicted molar refractivity (Wildman–Crippen MR) is 124 cm³/mol. The summed E-state index contributed by atoms with van der Waals surface area (Å²) in [4.78, 5) is 27.7. The summed E-state index contributed by atoms with van der Waals surface area (Å²) in [6.07, 6.45) is 1.77. The molecule has 1 fully saturated rings. The number of nitriles is 1. The lowest BCUT2D eigenvalue weighted by Crippen LogP contribution is -2.52. The highest BCUT2D eigenvalue weighted by Gasteiger charge is 2.30. The second kappa shape index (κ2) is 8.45. The van der Waals surface area contributed by atoms with E-state index in [-0.39, 0.29) is 19.0 Å². The van der Waals surface area contributed by atoms with E-state index >= 15 is 0 Å². The maximum Gasteiger partial charge on any atom is 0.331 e. The zero-order chi connectivity index (χ0) is 22.5. The second-order valence-corrected chi connectivity index (χ2v) is 8.62. The van der Waals surface area contributed by atoms with Gasteiger partial charge in [0.15, 0.2) is 0 Å². The Hall–Kier alpha value is -3.09. The summed E-state index contributed by atoms with van der Waals surface area (Å²) in [6.45, 7) is 3.42. The third-order valence-electron chi connectivity index (χ3n) is 6.07. The summed E-state index contributed by atoms with van der Waals surface area (Å²) < 4.78 is 18.2. The van der Waals surface area contributed by atoms with Crippen LogP contribution < -0.4 is 21.9 Å². The number of piperidine rings is 1. The molecule has 0 unspecified atom stereocenters. The quantitative estimate of drug-likeness (QED) is 0.642. The van der Waals surface area contributed by atoms with Crippen molar-refractivity contribution < 1.29 is 4.39 Å². The number of aryl methyl sites for hydroxylation is 1. The van der Waals surface area contributed by atoms with Crippen LogP contribution in [0.2, 0.25) is 0 Å². The van der Waals surface area contributed by atoms with Crippen molar-refractivity contribution in [3.8, 4) is 6.07 Å². The fourth-order valence-electron chi connectivity index (χ4n) is 4.43. The fourth-order valence-corrected chi connectivity index (χ4v) is 4.43. The Kier molecular flexibility index (Phi) is 6.22. The van der Waals surface area contributed by atoms with E-state index in [1.54, 1.807) is 11.6 Å². The highest BCUT2D eigenvalue weighted by atomic mass is 35.5. The number of rotatable bonds is 3. The topological polar surface area (TPSA) is 102 Å². The predicted octanol–water partition coefficient (Wildman–Crippen LogP) is 1.84. The lowest BCUT2D eigenvalue weighted by atomic mass is 9.92. The number of anilines is 1. The number of nitrogens with zero attached hydrogens (tertiary/aromatic N) is 5. The Morgan fingerprint density at radius 2 is 1.94 bits per heavy atom. The molecule has 10 heteroatoms. The van der Waals surface area contributed by atoms with Gasteiger partial charge in [-0.25, -0.2) is 9.18 Å². The van der Waals surface area contributed by atoms with Crippen LogP contribution in [0.15, 0.2) is 33.9 Å². The maximum atomic E-state index is 14.0. The molecule has 0 saturated carbocycles.